The zero-order valence-corrected chi connectivity index (χ0v) is 14.8. The van der Waals surface area contributed by atoms with Crippen LogP contribution in [0.4, 0.5) is 5.69 Å². The fourth-order valence-corrected chi connectivity index (χ4v) is 3.21. The molecular weight excluding hydrogens is 346 g/mol. The zero-order valence-electron chi connectivity index (χ0n) is 14.8. The fraction of sp³-hybridized carbons (Fsp3) is 0.158. The lowest BCUT2D eigenvalue weighted by atomic mass is 10.1. The van der Waals surface area contributed by atoms with Gasteiger partial charge in [-0.25, -0.2) is 4.98 Å². The Bertz CT molecular complexity index is 1310. The van der Waals surface area contributed by atoms with Crippen molar-refractivity contribution in [3.05, 3.63) is 74.7 Å². The maximum Gasteiger partial charge on any atom is 0.316 e. The van der Waals surface area contributed by atoms with Crippen LogP contribution in [0.2, 0.25) is 0 Å². The van der Waals surface area contributed by atoms with Crippen LogP contribution in [0.3, 0.4) is 0 Å². The molecule has 4 rings (SSSR count). The van der Waals surface area contributed by atoms with Gasteiger partial charge in [0, 0.05) is 30.7 Å². The van der Waals surface area contributed by atoms with Crippen molar-refractivity contribution in [3.8, 4) is 0 Å². The second-order valence-corrected chi connectivity index (χ2v) is 6.26. The second-order valence-electron chi connectivity index (χ2n) is 6.26. The lowest BCUT2D eigenvalue weighted by Gasteiger charge is -2.10. The van der Waals surface area contributed by atoms with E-state index in [-0.39, 0.29) is 5.91 Å². The summed E-state index contributed by atoms with van der Waals surface area (Å²) in [7, 11) is 0. The Kier molecular flexibility index (Phi) is 3.88. The number of hydrogen-bond acceptors (Lipinski definition) is 4. The third-order valence-corrected chi connectivity index (χ3v) is 4.48. The number of carbonyl (C=O) groups is 1. The van der Waals surface area contributed by atoms with Crippen molar-refractivity contribution in [2.24, 2.45) is 0 Å². The first-order valence-electron chi connectivity index (χ1n) is 8.49. The highest BCUT2D eigenvalue weighted by atomic mass is 16.2. The number of rotatable bonds is 3. The van der Waals surface area contributed by atoms with E-state index in [1.807, 2.05) is 23.6 Å². The van der Waals surface area contributed by atoms with Crippen molar-refractivity contribution in [1.82, 2.24) is 18.9 Å². The van der Waals surface area contributed by atoms with E-state index in [0.29, 0.717) is 28.8 Å². The average Bonchev–Trinajstić information content (AvgIpc) is 3.11. The number of fused-ring (bicyclic) bond motifs is 2. The maximum atomic E-state index is 12.7. The Labute approximate surface area is 153 Å². The van der Waals surface area contributed by atoms with Crippen LogP contribution in [0.15, 0.2) is 52.4 Å². The highest BCUT2D eigenvalue weighted by Crippen LogP contribution is 2.17. The Morgan fingerprint density at radius 2 is 2.07 bits per heavy atom. The van der Waals surface area contributed by atoms with Gasteiger partial charge in [0.2, 0.25) is 0 Å². The third-order valence-electron chi connectivity index (χ3n) is 4.48. The van der Waals surface area contributed by atoms with Crippen molar-refractivity contribution >= 4 is 28.3 Å². The standard InChI is InChI=1S/C19H17N5O3/c1-3-24-15-5-4-12(9-14(15)22-18(26)19(24)27)17(25)21-13-8-11(2)16-20-6-7-23(16)10-13/h4-10H,3H2,1-2H3,(H,21,25)(H,22,26). The number of aromatic nitrogens is 4. The fourth-order valence-electron chi connectivity index (χ4n) is 3.21. The Hall–Kier alpha value is -3.68. The van der Waals surface area contributed by atoms with Crippen molar-refractivity contribution in [3.63, 3.8) is 0 Å². The van der Waals surface area contributed by atoms with E-state index in [1.165, 1.54) is 4.57 Å². The molecule has 0 aliphatic heterocycles. The highest BCUT2D eigenvalue weighted by Gasteiger charge is 2.12. The van der Waals surface area contributed by atoms with Crippen molar-refractivity contribution in [2.45, 2.75) is 20.4 Å². The normalized spacial score (nSPS) is 11.2. The Morgan fingerprint density at radius 3 is 2.85 bits per heavy atom. The number of amides is 1. The number of benzene rings is 1. The quantitative estimate of drug-likeness (QED) is 0.543. The smallest absolute Gasteiger partial charge is 0.316 e. The summed E-state index contributed by atoms with van der Waals surface area (Å²) in [6, 6.07) is 6.71. The second kappa shape index (κ2) is 6.24. The molecule has 0 fully saturated rings. The highest BCUT2D eigenvalue weighted by molar-refractivity contribution is 6.05. The van der Waals surface area contributed by atoms with E-state index >= 15 is 0 Å². The van der Waals surface area contributed by atoms with Gasteiger partial charge in [-0.15, -0.1) is 0 Å². The minimum Gasteiger partial charge on any atom is -0.321 e. The van der Waals surface area contributed by atoms with Crippen LogP contribution in [-0.2, 0) is 6.54 Å². The van der Waals surface area contributed by atoms with Gasteiger partial charge in [0.1, 0.15) is 5.65 Å². The summed E-state index contributed by atoms with van der Waals surface area (Å²) in [5.74, 6) is -0.314. The van der Waals surface area contributed by atoms with E-state index in [4.69, 9.17) is 0 Å². The van der Waals surface area contributed by atoms with Gasteiger partial charge in [0.25, 0.3) is 5.91 Å². The minimum absolute atomic E-state index is 0.314. The van der Waals surface area contributed by atoms with Crippen LogP contribution in [-0.4, -0.2) is 24.8 Å². The van der Waals surface area contributed by atoms with E-state index in [2.05, 4.69) is 15.3 Å². The van der Waals surface area contributed by atoms with Gasteiger partial charge in [-0.1, -0.05) is 0 Å². The molecule has 0 atom stereocenters. The molecule has 0 unspecified atom stereocenters. The van der Waals surface area contributed by atoms with Gasteiger partial charge < -0.3 is 19.3 Å². The van der Waals surface area contributed by atoms with Gasteiger partial charge in [0.15, 0.2) is 0 Å². The minimum atomic E-state index is -0.705. The van der Waals surface area contributed by atoms with Gasteiger partial charge in [-0.2, -0.15) is 0 Å². The molecule has 0 saturated heterocycles. The molecule has 0 saturated carbocycles. The molecule has 136 valence electrons. The largest absolute Gasteiger partial charge is 0.321 e. The molecule has 0 aliphatic carbocycles. The topological polar surface area (TPSA) is 101 Å². The van der Waals surface area contributed by atoms with Gasteiger partial charge in [0.05, 0.1) is 16.7 Å². The number of hydrogen-bond donors (Lipinski definition) is 2. The molecule has 0 bridgehead atoms. The third kappa shape index (κ3) is 2.80. The van der Waals surface area contributed by atoms with Crippen molar-refractivity contribution in [1.29, 1.82) is 0 Å². The molecule has 2 N–H and O–H groups in total. The molecule has 0 aliphatic rings. The molecule has 27 heavy (non-hydrogen) atoms. The van der Waals surface area contributed by atoms with Gasteiger partial charge in [-0.3, -0.25) is 14.4 Å². The van der Waals surface area contributed by atoms with Crippen LogP contribution in [0.5, 0.6) is 0 Å². The van der Waals surface area contributed by atoms with E-state index in [9.17, 15) is 14.4 Å². The number of aromatic amines is 1. The SMILES string of the molecule is CCn1c(=O)c(=O)[nH]c2cc(C(=O)Nc3cc(C)c4nccn4c3)ccc21. The predicted octanol–water partition coefficient (Wildman–Crippen LogP) is 1.92. The van der Waals surface area contributed by atoms with Crippen LogP contribution >= 0.6 is 0 Å². The number of H-pyrrole nitrogens is 1. The first kappa shape index (κ1) is 16.8. The van der Waals surface area contributed by atoms with Crippen LogP contribution in [0.25, 0.3) is 16.7 Å². The number of nitrogens with zero attached hydrogens (tertiary/aromatic N) is 3. The molecule has 1 amide bonds. The Morgan fingerprint density at radius 1 is 1.26 bits per heavy atom. The molecular formula is C19H17N5O3. The summed E-state index contributed by atoms with van der Waals surface area (Å²) in [4.78, 5) is 43.2. The summed E-state index contributed by atoms with van der Waals surface area (Å²) in [6.07, 6.45) is 5.29. The number of aryl methyl sites for hydroxylation is 2. The number of imidazole rings is 1. The molecule has 1 aromatic carbocycles. The first-order valence-corrected chi connectivity index (χ1v) is 8.49. The summed E-state index contributed by atoms with van der Waals surface area (Å²) >= 11 is 0. The first-order chi connectivity index (χ1) is 13.0. The molecule has 3 aromatic heterocycles. The lowest BCUT2D eigenvalue weighted by molar-refractivity contribution is 0.102. The summed E-state index contributed by atoms with van der Waals surface area (Å²) in [5.41, 5.74) is 2.48. The number of anilines is 1. The van der Waals surface area contributed by atoms with Crippen LogP contribution in [0, 0.1) is 6.92 Å². The van der Waals surface area contributed by atoms with Gasteiger partial charge in [-0.05, 0) is 43.7 Å². The average molecular weight is 363 g/mol. The molecule has 8 heteroatoms. The van der Waals surface area contributed by atoms with Crippen LogP contribution in [0.1, 0.15) is 22.8 Å². The Balaban J connectivity index is 1.72. The number of carbonyl (C=O) groups excluding carboxylic acids is 1. The summed E-state index contributed by atoms with van der Waals surface area (Å²) in [5, 5.41) is 2.85. The summed E-state index contributed by atoms with van der Waals surface area (Å²) < 4.78 is 3.22. The van der Waals surface area contributed by atoms with E-state index < -0.39 is 11.1 Å². The molecule has 4 aromatic rings. The van der Waals surface area contributed by atoms with Crippen molar-refractivity contribution < 1.29 is 4.79 Å². The van der Waals surface area contributed by atoms with E-state index in [0.717, 1.165) is 11.2 Å². The number of pyridine rings is 1. The van der Waals surface area contributed by atoms with E-state index in [1.54, 1.807) is 37.5 Å². The lowest BCUT2D eigenvalue weighted by Crippen LogP contribution is -2.36. The predicted molar refractivity (Wildman–Crippen MR) is 102 cm³/mol. The summed E-state index contributed by atoms with van der Waals surface area (Å²) in [6.45, 7) is 4.08. The van der Waals surface area contributed by atoms with Crippen LogP contribution < -0.4 is 16.4 Å². The molecule has 0 spiro atoms. The monoisotopic (exact) mass is 363 g/mol. The number of nitrogens with one attached hydrogen (secondary N) is 2. The molecule has 3 heterocycles. The maximum absolute atomic E-state index is 12.7. The molecule has 8 nitrogen and oxygen atoms in total. The van der Waals surface area contributed by atoms with Crippen molar-refractivity contribution in [2.75, 3.05) is 5.32 Å². The molecule has 0 radical (unpaired) electrons. The van der Waals surface area contributed by atoms with Gasteiger partial charge >= 0.3 is 11.1 Å². The zero-order chi connectivity index (χ0) is 19.1.